The Morgan fingerprint density at radius 1 is 1.12 bits per heavy atom. The fourth-order valence-electron chi connectivity index (χ4n) is 2.69. The molecular weight excluding hydrogens is 318 g/mol. The Labute approximate surface area is 147 Å². The van der Waals surface area contributed by atoms with Crippen molar-refractivity contribution in [1.29, 1.82) is 0 Å². The first kappa shape index (κ1) is 19.0. The zero-order chi connectivity index (χ0) is 18.1. The highest BCUT2D eigenvalue weighted by Gasteiger charge is 2.06. The standard InChI is InChI=1S/C19H27N3O3/c1-3-4-5-6-7-15-8-10-16(11-9-15)20-17-14-18(23)21-19(24)22(17)12-13-25-2/h8-11,14,20H,3-7,12-13H2,1-2H3,(H,21,23,24). The van der Waals surface area contributed by atoms with Crippen LogP contribution in [-0.4, -0.2) is 23.3 Å². The van der Waals surface area contributed by atoms with Gasteiger partial charge in [-0.15, -0.1) is 0 Å². The molecule has 0 fully saturated rings. The van der Waals surface area contributed by atoms with Crippen molar-refractivity contribution in [2.24, 2.45) is 0 Å². The van der Waals surface area contributed by atoms with Crippen LogP contribution in [0.25, 0.3) is 0 Å². The average Bonchev–Trinajstić information content (AvgIpc) is 2.59. The van der Waals surface area contributed by atoms with Crippen LogP contribution in [0, 0.1) is 0 Å². The second-order valence-corrected chi connectivity index (χ2v) is 6.10. The van der Waals surface area contributed by atoms with Crippen LogP contribution in [0.1, 0.15) is 38.2 Å². The number of aromatic amines is 1. The van der Waals surface area contributed by atoms with Crippen LogP contribution in [0.4, 0.5) is 11.5 Å². The number of nitrogens with one attached hydrogen (secondary N) is 2. The van der Waals surface area contributed by atoms with Gasteiger partial charge < -0.3 is 10.1 Å². The third-order valence-electron chi connectivity index (χ3n) is 4.10. The van der Waals surface area contributed by atoms with Gasteiger partial charge in [-0.3, -0.25) is 14.3 Å². The highest BCUT2D eigenvalue weighted by atomic mass is 16.5. The van der Waals surface area contributed by atoms with Crippen molar-refractivity contribution in [3.05, 3.63) is 56.7 Å². The molecule has 6 heteroatoms. The van der Waals surface area contributed by atoms with Crippen molar-refractivity contribution < 1.29 is 4.74 Å². The molecule has 0 aliphatic carbocycles. The number of anilines is 2. The second kappa shape index (κ2) is 9.84. The lowest BCUT2D eigenvalue weighted by molar-refractivity contribution is 0.186. The number of benzene rings is 1. The van der Waals surface area contributed by atoms with Gasteiger partial charge in [0.1, 0.15) is 5.82 Å². The zero-order valence-corrected chi connectivity index (χ0v) is 15.0. The minimum Gasteiger partial charge on any atom is -0.383 e. The number of unbranched alkanes of at least 4 members (excludes halogenated alkanes) is 3. The highest BCUT2D eigenvalue weighted by Crippen LogP contribution is 2.16. The fourth-order valence-corrected chi connectivity index (χ4v) is 2.69. The maximum atomic E-state index is 12.0. The van der Waals surface area contributed by atoms with E-state index in [1.54, 1.807) is 7.11 Å². The van der Waals surface area contributed by atoms with Crippen LogP contribution in [0.3, 0.4) is 0 Å². The Morgan fingerprint density at radius 3 is 2.56 bits per heavy atom. The number of methoxy groups -OCH3 is 1. The molecule has 0 unspecified atom stereocenters. The second-order valence-electron chi connectivity index (χ2n) is 6.10. The molecule has 2 rings (SSSR count). The van der Waals surface area contributed by atoms with Crippen LogP contribution in [0.5, 0.6) is 0 Å². The van der Waals surface area contributed by atoms with Gasteiger partial charge in [0.2, 0.25) is 0 Å². The Balaban J connectivity index is 2.08. The largest absolute Gasteiger partial charge is 0.383 e. The first-order valence-electron chi connectivity index (χ1n) is 8.83. The molecule has 0 saturated carbocycles. The van der Waals surface area contributed by atoms with Gasteiger partial charge in [-0.1, -0.05) is 38.3 Å². The lowest BCUT2D eigenvalue weighted by atomic mass is 10.1. The molecule has 0 aliphatic heterocycles. The molecule has 25 heavy (non-hydrogen) atoms. The summed E-state index contributed by atoms with van der Waals surface area (Å²) in [6.07, 6.45) is 6.05. The molecule has 6 nitrogen and oxygen atoms in total. The zero-order valence-electron chi connectivity index (χ0n) is 15.0. The summed E-state index contributed by atoms with van der Waals surface area (Å²) in [6, 6.07) is 9.50. The molecule has 0 bridgehead atoms. The number of rotatable bonds is 10. The molecule has 1 heterocycles. The Kier molecular flexibility index (Phi) is 7.47. The van der Waals surface area contributed by atoms with Crippen LogP contribution in [0.2, 0.25) is 0 Å². The molecule has 0 aliphatic rings. The van der Waals surface area contributed by atoms with Crippen LogP contribution in [-0.2, 0) is 17.7 Å². The van der Waals surface area contributed by atoms with E-state index in [1.807, 2.05) is 12.1 Å². The van der Waals surface area contributed by atoms with Crippen molar-refractivity contribution in [3.63, 3.8) is 0 Å². The molecular formula is C19H27N3O3. The first-order valence-corrected chi connectivity index (χ1v) is 8.83. The number of ether oxygens (including phenoxy) is 1. The van der Waals surface area contributed by atoms with Crippen molar-refractivity contribution in [2.45, 2.75) is 45.6 Å². The minimum absolute atomic E-state index is 0.365. The predicted octanol–water partition coefficient (Wildman–Crippen LogP) is 3.05. The van der Waals surface area contributed by atoms with Crippen LogP contribution >= 0.6 is 0 Å². The quantitative estimate of drug-likeness (QED) is 0.649. The molecule has 0 radical (unpaired) electrons. The van der Waals surface area contributed by atoms with Gasteiger partial charge in [0, 0.05) is 18.9 Å². The number of nitrogens with zero attached hydrogens (tertiary/aromatic N) is 1. The number of aromatic nitrogens is 2. The molecule has 2 aromatic rings. The summed E-state index contributed by atoms with van der Waals surface area (Å²) in [6.45, 7) is 2.96. The average molecular weight is 345 g/mol. The summed E-state index contributed by atoms with van der Waals surface area (Å²) in [5, 5.41) is 3.15. The molecule has 0 amide bonds. The summed E-state index contributed by atoms with van der Waals surface area (Å²) >= 11 is 0. The Hall–Kier alpha value is -2.34. The molecule has 1 aromatic carbocycles. The third-order valence-corrected chi connectivity index (χ3v) is 4.10. The van der Waals surface area contributed by atoms with E-state index in [-0.39, 0.29) is 0 Å². The van der Waals surface area contributed by atoms with Gasteiger partial charge in [0.15, 0.2) is 0 Å². The maximum absolute atomic E-state index is 12.0. The van der Waals surface area contributed by atoms with E-state index in [2.05, 4.69) is 29.4 Å². The van der Waals surface area contributed by atoms with E-state index in [0.29, 0.717) is 19.0 Å². The van der Waals surface area contributed by atoms with Crippen molar-refractivity contribution in [3.8, 4) is 0 Å². The normalized spacial score (nSPS) is 10.8. The van der Waals surface area contributed by atoms with Crippen LogP contribution in [0.15, 0.2) is 39.9 Å². The SMILES string of the molecule is CCCCCCc1ccc(Nc2cc(=O)[nH]c(=O)n2CCOC)cc1. The first-order chi connectivity index (χ1) is 12.1. The number of hydrogen-bond donors (Lipinski definition) is 2. The van der Waals surface area contributed by atoms with Gasteiger partial charge >= 0.3 is 5.69 Å². The topological polar surface area (TPSA) is 76.1 Å². The van der Waals surface area contributed by atoms with Crippen LogP contribution < -0.4 is 16.6 Å². The van der Waals surface area contributed by atoms with E-state index in [4.69, 9.17) is 4.74 Å². The van der Waals surface area contributed by atoms with Crippen molar-refractivity contribution in [1.82, 2.24) is 9.55 Å². The molecule has 0 saturated heterocycles. The lowest BCUT2D eigenvalue weighted by Gasteiger charge is -2.13. The lowest BCUT2D eigenvalue weighted by Crippen LogP contribution is -2.32. The summed E-state index contributed by atoms with van der Waals surface area (Å²) in [5.74, 6) is 0.460. The van der Waals surface area contributed by atoms with Gasteiger partial charge in [-0.25, -0.2) is 4.79 Å². The maximum Gasteiger partial charge on any atom is 0.329 e. The van der Waals surface area contributed by atoms with Gasteiger partial charge in [-0.05, 0) is 30.5 Å². The van der Waals surface area contributed by atoms with E-state index in [0.717, 1.165) is 12.1 Å². The van der Waals surface area contributed by atoms with E-state index in [1.165, 1.54) is 41.9 Å². The molecule has 1 aromatic heterocycles. The van der Waals surface area contributed by atoms with E-state index >= 15 is 0 Å². The van der Waals surface area contributed by atoms with E-state index in [9.17, 15) is 9.59 Å². The van der Waals surface area contributed by atoms with Gasteiger partial charge in [-0.2, -0.15) is 0 Å². The van der Waals surface area contributed by atoms with Crippen molar-refractivity contribution >= 4 is 11.5 Å². The van der Waals surface area contributed by atoms with Crippen molar-refractivity contribution in [2.75, 3.05) is 19.0 Å². The van der Waals surface area contributed by atoms with Gasteiger partial charge in [0.25, 0.3) is 5.56 Å². The number of hydrogen-bond acceptors (Lipinski definition) is 4. The Morgan fingerprint density at radius 2 is 1.88 bits per heavy atom. The summed E-state index contributed by atoms with van der Waals surface area (Å²) in [5.41, 5.74) is 1.27. The fraction of sp³-hybridized carbons (Fsp3) is 0.474. The minimum atomic E-state index is -0.445. The molecule has 136 valence electrons. The number of aryl methyl sites for hydroxylation is 1. The predicted molar refractivity (Wildman–Crippen MR) is 101 cm³/mol. The van der Waals surface area contributed by atoms with E-state index < -0.39 is 11.2 Å². The smallest absolute Gasteiger partial charge is 0.329 e. The highest BCUT2D eigenvalue weighted by molar-refractivity contribution is 5.56. The summed E-state index contributed by atoms with van der Waals surface area (Å²) < 4.78 is 6.49. The molecule has 0 spiro atoms. The number of H-pyrrole nitrogens is 1. The Bertz CT molecular complexity index is 763. The molecule has 0 atom stereocenters. The monoisotopic (exact) mass is 345 g/mol. The molecule has 2 N–H and O–H groups in total. The summed E-state index contributed by atoms with van der Waals surface area (Å²) in [7, 11) is 1.57. The van der Waals surface area contributed by atoms with Gasteiger partial charge in [0.05, 0.1) is 13.2 Å². The third kappa shape index (κ3) is 5.90. The summed E-state index contributed by atoms with van der Waals surface area (Å²) in [4.78, 5) is 25.9.